The van der Waals surface area contributed by atoms with Crippen LogP contribution < -0.4 is 25.2 Å². The van der Waals surface area contributed by atoms with Crippen molar-refractivity contribution in [3.8, 4) is 11.5 Å². The molecule has 1 saturated heterocycles. The van der Waals surface area contributed by atoms with E-state index in [1.165, 1.54) is 23.3 Å². The van der Waals surface area contributed by atoms with E-state index in [-0.39, 0.29) is 61.5 Å². The zero-order chi connectivity index (χ0) is 50.9. The van der Waals surface area contributed by atoms with Crippen molar-refractivity contribution >= 4 is 39.7 Å². The van der Waals surface area contributed by atoms with Crippen molar-refractivity contribution in [2.24, 2.45) is 16.6 Å². The van der Waals surface area contributed by atoms with Crippen LogP contribution in [-0.2, 0) is 52.1 Å². The molecule has 382 valence electrons. The van der Waals surface area contributed by atoms with Gasteiger partial charge in [-0.05, 0) is 154 Å². The van der Waals surface area contributed by atoms with Gasteiger partial charge in [-0.25, -0.2) is 17.9 Å². The van der Waals surface area contributed by atoms with Crippen LogP contribution in [0.1, 0.15) is 131 Å². The number of nitrogens with zero attached hydrogens (tertiary/aromatic N) is 3. The maximum Gasteiger partial charge on any atom is 0.414 e. The quantitative estimate of drug-likeness (QED) is 0.0513. The third-order valence-electron chi connectivity index (χ3n) is 15.2. The Morgan fingerprint density at radius 3 is 2.49 bits per heavy atom. The lowest BCUT2D eigenvalue weighted by Gasteiger charge is -2.62. The number of piperidine rings is 1. The first-order valence-corrected chi connectivity index (χ1v) is 26.3. The smallest absolute Gasteiger partial charge is 0.414 e. The SMILES string of the molecule is Cc1ccc2c3c1O[C@H]1C(OC(=O)N(C)CCCC(=O)[C@@H](CCCN=C(N)NS(=O)(=O)c4c(C)c(C)c5c(c4C)CC(C)(C)O5)NC(=O)CC(=O)OC(C)(C)C)=CC[C@@]4(O)[C@@H](C2)N(CC2CC2)CC[C@]314. The second kappa shape index (κ2) is 18.8. The molecule has 17 nitrogen and oxygen atoms in total. The van der Waals surface area contributed by atoms with Gasteiger partial charge in [0.1, 0.15) is 34.9 Å². The van der Waals surface area contributed by atoms with Crippen LogP contribution in [0.3, 0.4) is 0 Å². The molecule has 70 heavy (non-hydrogen) atoms. The highest BCUT2D eigenvalue weighted by atomic mass is 32.2. The third-order valence-corrected chi connectivity index (χ3v) is 16.8. The van der Waals surface area contributed by atoms with Crippen LogP contribution in [0, 0.1) is 33.6 Å². The average Bonchev–Trinajstić information content (AvgIpc) is 3.91. The molecule has 6 aliphatic rings. The summed E-state index contributed by atoms with van der Waals surface area (Å²) in [6.07, 6.45) is 5.18. The van der Waals surface area contributed by atoms with Crippen LogP contribution in [0.25, 0.3) is 0 Å². The minimum atomic E-state index is -4.14. The molecule has 18 heteroatoms. The molecular formula is C52H72N6O11S. The molecule has 3 heterocycles. The summed E-state index contributed by atoms with van der Waals surface area (Å²) in [5.41, 5.74) is 8.88. The van der Waals surface area contributed by atoms with Crippen LogP contribution in [0.5, 0.6) is 11.5 Å². The lowest BCUT2D eigenvalue weighted by Crippen LogP contribution is -2.75. The van der Waals surface area contributed by atoms with Gasteiger partial charge in [0.2, 0.25) is 11.9 Å². The predicted octanol–water partition coefficient (Wildman–Crippen LogP) is 5.40. The molecule has 2 aromatic carbocycles. The van der Waals surface area contributed by atoms with Gasteiger partial charge in [-0.2, -0.15) is 0 Å². The summed E-state index contributed by atoms with van der Waals surface area (Å²) in [5, 5.41) is 15.5. The summed E-state index contributed by atoms with van der Waals surface area (Å²) in [6.45, 7) is 18.2. The largest absolute Gasteiger partial charge is 0.487 e. The Morgan fingerprint density at radius 1 is 1.06 bits per heavy atom. The van der Waals surface area contributed by atoms with Gasteiger partial charge in [0, 0.05) is 63.1 Å². The zero-order valence-corrected chi connectivity index (χ0v) is 43.3. The Bertz CT molecular complexity index is 2650. The number of ether oxygens (including phenoxy) is 4. The number of rotatable bonds is 17. The zero-order valence-electron chi connectivity index (χ0n) is 42.5. The van der Waals surface area contributed by atoms with Crippen molar-refractivity contribution in [3.63, 3.8) is 0 Å². The number of carbonyl (C=O) groups is 4. The van der Waals surface area contributed by atoms with Crippen LogP contribution in [-0.4, -0.2) is 121 Å². The Labute approximate surface area is 412 Å². The molecule has 3 aliphatic carbocycles. The molecule has 0 unspecified atom stereocenters. The number of aliphatic imine (C=N–C) groups is 1. The molecule has 1 spiro atoms. The number of sulfonamides is 1. The van der Waals surface area contributed by atoms with E-state index in [1.807, 2.05) is 33.8 Å². The number of aryl methyl sites for hydroxylation is 1. The minimum Gasteiger partial charge on any atom is -0.487 e. The van der Waals surface area contributed by atoms with Gasteiger partial charge in [0.15, 0.2) is 11.9 Å². The van der Waals surface area contributed by atoms with Gasteiger partial charge in [-0.1, -0.05) is 12.1 Å². The average molecular weight is 989 g/mol. The fraction of sp³-hybridized carbons (Fsp3) is 0.635. The first kappa shape index (κ1) is 51.2. The Kier molecular flexibility index (Phi) is 13.7. The summed E-state index contributed by atoms with van der Waals surface area (Å²) in [5.74, 6) is 0.409. The molecule has 2 fully saturated rings. The minimum absolute atomic E-state index is 0.0163. The lowest BCUT2D eigenvalue weighted by atomic mass is 9.50. The van der Waals surface area contributed by atoms with Crippen LogP contribution in [0.2, 0.25) is 0 Å². The summed E-state index contributed by atoms with van der Waals surface area (Å²) in [4.78, 5) is 61.4. The molecule has 0 radical (unpaired) electrons. The molecular weight excluding hydrogens is 917 g/mol. The molecule has 2 bridgehead atoms. The molecule has 5 atom stereocenters. The van der Waals surface area contributed by atoms with E-state index in [0.29, 0.717) is 47.8 Å². The van der Waals surface area contributed by atoms with E-state index in [4.69, 9.17) is 24.7 Å². The lowest BCUT2D eigenvalue weighted by molar-refractivity contribution is -0.169. The van der Waals surface area contributed by atoms with Crippen LogP contribution in [0.15, 0.2) is 33.9 Å². The number of esters is 1. The van der Waals surface area contributed by atoms with Gasteiger partial charge in [-0.3, -0.25) is 24.3 Å². The molecule has 1 saturated carbocycles. The van der Waals surface area contributed by atoms with Crippen molar-refractivity contribution in [2.45, 2.75) is 178 Å². The fourth-order valence-corrected chi connectivity index (χ4v) is 13.2. The van der Waals surface area contributed by atoms with Gasteiger partial charge in [0.05, 0.1) is 22.0 Å². The first-order chi connectivity index (χ1) is 32.7. The van der Waals surface area contributed by atoms with Crippen molar-refractivity contribution in [2.75, 3.05) is 33.2 Å². The number of Topliss-reactive ketones (excluding diaryl/α,β-unsaturated/α-hetero) is 1. The molecule has 3 aliphatic heterocycles. The number of carbonyl (C=O) groups excluding carboxylic acids is 4. The van der Waals surface area contributed by atoms with Crippen LogP contribution in [0.4, 0.5) is 4.79 Å². The first-order valence-electron chi connectivity index (χ1n) is 24.8. The number of benzene rings is 2. The standard InChI is InChI=1S/C52H72N6O11S/c1-29-15-18-34-25-39-52(63)20-19-38(46-51(52,42(34)43(29)67-46)21-24-58(39)28-33-16-17-33)66-48(62)57(10)23-12-14-37(59)36(55-40(60)26-41(61)68-49(5,6)7)13-11-22-54-47(53)56-70(64,65)45-31(3)30(2)44-35(32(45)4)27-50(8,9)69-44/h15,18-19,33,36,39,46,63H,11-14,16-17,20-28H2,1-10H3,(H,55,60)(H3,53,54,56)/t36-,39-,46+,51+,52-/m1/s1. The number of guanidine groups is 1. The summed E-state index contributed by atoms with van der Waals surface area (Å²) in [7, 11) is -2.56. The molecule has 2 aromatic rings. The maximum absolute atomic E-state index is 13.8. The maximum atomic E-state index is 13.8. The van der Waals surface area contributed by atoms with Crippen molar-refractivity contribution in [1.82, 2.24) is 19.8 Å². The Balaban J connectivity index is 0.889. The number of hydrogen-bond donors (Lipinski definition) is 4. The summed E-state index contributed by atoms with van der Waals surface area (Å²) in [6, 6.07) is 3.13. The van der Waals surface area contributed by atoms with Gasteiger partial charge >= 0.3 is 12.1 Å². The Hall–Kier alpha value is -5.20. The van der Waals surface area contributed by atoms with Crippen molar-refractivity contribution in [3.05, 3.63) is 62.9 Å². The molecule has 2 amide bonds. The highest BCUT2D eigenvalue weighted by Gasteiger charge is 2.72. The van der Waals surface area contributed by atoms with Gasteiger partial charge < -0.3 is 40.0 Å². The number of fused-ring (bicyclic) bond motifs is 1. The number of nitrogens with two attached hydrogens (primary N) is 1. The van der Waals surface area contributed by atoms with E-state index in [2.05, 4.69) is 32.1 Å². The number of nitrogens with one attached hydrogen (secondary N) is 2. The highest BCUT2D eigenvalue weighted by Crippen LogP contribution is 2.64. The monoisotopic (exact) mass is 988 g/mol. The van der Waals surface area contributed by atoms with Crippen molar-refractivity contribution < 1.29 is 51.6 Å². The number of aliphatic hydroxyl groups is 1. The number of hydrogen-bond acceptors (Lipinski definition) is 13. The van der Waals surface area contributed by atoms with Crippen molar-refractivity contribution in [1.29, 1.82) is 0 Å². The summed E-state index contributed by atoms with van der Waals surface area (Å²) < 4.78 is 54.2. The van der Waals surface area contributed by atoms with E-state index < -0.39 is 68.8 Å². The highest BCUT2D eigenvalue weighted by molar-refractivity contribution is 7.90. The molecule has 5 N–H and O–H groups in total. The number of amides is 2. The molecule has 0 aromatic heterocycles. The van der Waals surface area contributed by atoms with E-state index >= 15 is 0 Å². The molecule has 8 rings (SSSR count). The van der Waals surface area contributed by atoms with E-state index in [1.54, 1.807) is 41.7 Å². The number of likely N-dealkylation sites (tertiary alicyclic amines) is 1. The van der Waals surface area contributed by atoms with Gasteiger partial charge in [-0.15, -0.1) is 0 Å². The van der Waals surface area contributed by atoms with Crippen LogP contribution >= 0.6 is 0 Å². The summed E-state index contributed by atoms with van der Waals surface area (Å²) >= 11 is 0. The normalized spacial score (nSPS) is 24.6. The van der Waals surface area contributed by atoms with E-state index in [0.717, 1.165) is 47.5 Å². The predicted molar refractivity (Wildman–Crippen MR) is 262 cm³/mol. The fourth-order valence-electron chi connectivity index (χ4n) is 11.7. The topological polar surface area (TPSA) is 228 Å². The van der Waals surface area contributed by atoms with E-state index in [9.17, 15) is 32.7 Å². The Morgan fingerprint density at radius 2 is 1.79 bits per heavy atom. The number of ketones is 1. The van der Waals surface area contributed by atoms with Gasteiger partial charge in [0.25, 0.3) is 10.0 Å². The second-order valence-corrected chi connectivity index (χ2v) is 23.8. The third kappa shape index (κ3) is 9.76. The second-order valence-electron chi connectivity index (χ2n) is 22.2.